The zero-order valence-corrected chi connectivity index (χ0v) is 11.5. The number of nitrogens with two attached hydrogens (primary N) is 1. The summed E-state index contributed by atoms with van der Waals surface area (Å²) < 4.78 is 0. The Kier molecular flexibility index (Phi) is 3.71. The fourth-order valence-corrected chi connectivity index (χ4v) is 2.51. The van der Waals surface area contributed by atoms with Crippen molar-refractivity contribution < 1.29 is 9.90 Å². The summed E-state index contributed by atoms with van der Waals surface area (Å²) in [5.74, 6) is -1.02. The fraction of sp³-hybridized carbons (Fsp3) is 0.231. The lowest BCUT2D eigenvalue weighted by atomic mass is 10.1. The van der Waals surface area contributed by atoms with Gasteiger partial charge in [0.05, 0.1) is 11.6 Å². The van der Waals surface area contributed by atoms with Gasteiger partial charge in [0.25, 0.3) is 0 Å². The first-order chi connectivity index (χ1) is 8.97. The summed E-state index contributed by atoms with van der Waals surface area (Å²) in [6, 6.07) is 4.88. The van der Waals surface area contributed by atoms with Crippen molar-refractivity contribution in [2.24, 2.45) is 0 Å². The van der Waals surface area contributed by atoms with Gasteiger partial charge in [-0.1, -0.05) is 0 Å². The number of carboxylic acids is 1. The highest BCUT2D eigenvalue weighted by Gasteiger charge is 2.12. The Morgan fingerprint density at radius 3 is 2.79 bits per heavy atom. The summed E-state index contributed by atoms with van der Waals surface area (Å²) in [6.07, 6.45) is 1.83. The van der Waals surface area contributed by atoms with Crippen LogP contribution in [0.2, 0.25) is 0 Å². The summed E-state index contributed by atoms with van der Waals surface area (Å²) in [5.41, 5.74) is 6.85. The number of carboxylic acid groups (broad SMARTS) is 1. The minimum atomic E-state index is -1.02. The van der Waals surface area contributed by atoms with Crippen LogP contribution in [-0.2, 0) is 0 Å². The highest BCUT2D eigenvalue weighted by molar-refractivity contribution is 7.11. The van der Waals surface area contributed by atoms with Gasteiger partial charge in [-0.2, -0.15) is 0 Å². The number of rotatable bonds is 4. The molecular formula is C13H15N3O2S. The Morgan fingerprint density at radius 2 is 2.26 bits per heavy atom. The number of anilines is 2. The number of thiazole rings is 1. The number of nitrogens with zero attached hydrogens (tertiary/aromatic N) is 1. The first-order valence-corrected chi connectivity index (χ1v) is 6.60. The van der Waals surface area contributed by atoms with Gasteiger partial charge in [0, 0.05) is 22.4 Å². The SMILES string of the molecule is Cc1cnc(C(C)Nc2ccc(C(=O)O)c(N)c2)s1. The first kappa shape index (κ1) is 13.4. The molecule has 0 fully saturated rings. The number of benzene rings is 1. The maximum atomic E-state index is 10.9. The Bertz CT molecular complexity index is 610. The topological polar surface area (TPSA) is 88.2 Å². The lowest BCUT2D eigenvalue weighted by molar-refractivity contribution is 0.0698. The number of nitrogen functional groups attached to an aromatic ring is 1. The van der Waals surface area contributed by atoms with E-state index in [9.17, 15) is 4.79 Å². The molecule has 19 heavy (non-hydrogen) atoms. The van der Waals surface area contributed by atoms with E-state index in [-0.39, 0.29) is 17.3 Å². The molecule has 0 radical (unpaired) electrons. The summed E-state index contributed by atoms with van der Waals surface area (Å²) in [7, 11) is 0. The second-order valence-corrected chi connectivity index (χ2v) is 5.55. The van der Waals surface area contributed by atoms with Gasteiger partial charge in [-0.25, -0.2) is 9.78 Å². The van der Waals surface area contributed by atoms with Gasteiger partial charge in [-0.05, 0) is 32.0 Å². The van der Waals surface area contributed by atoms with Gasteiger partial charge in [-0.15, -0.1) is 11.3 Å². The Balaban J connectivity index is 2.15. The molecule has 0 saturated heterocycles. The van der Waals surface area contributed by atoms with E-state index in [0.29, 0.717) is 0 Å². The molecule has 0 saturated carbocycles. The van der Waals surface area contributed by atoms with Gasteiger partial charge in [0.1, 0.15) is 5.01 Å². The third kappa shape index (κ3) is 3.03. The average molecular weight is 277 g/mol. The van der Waals surface area contributed by atoms with Crippen LogP contribution in [0.15, 0.2) is 24.4 Å². The maximum Gasteiger partial charge on any atom is 0.337 e. The largest absolute Gasteiger partial charge is 0.478 e. The van der Waals surface area contributed by atoms with Gasteiger partial charge in [0.15, 0.2) is 0 Å². The second-order valence-electron chi connectivity index (χ2n) is 4.28. The number of carbonyl (C=O) groups is 1. The van der Waals surface area contributed by atoms with E-state index in [1.165, 1.54) is 6.07 Å². The van der Waals surface area contributed by atoms with Crippen molar-refractivity contribution in [1.82, 2.24) is 4.98 Å². The molecule has 0 aliphatic rings. The normalized spacial score (nSPS) is 12.1. The number of nitrogens with one attached hydrogen (secondary N) is 1. The lowest BCUT2D eigenvalue weighted by Gasteiger charge is -2.13. The Labute approximate surface area is 115 Å². The van der Waals surface area contributed by atoms with Crippen molar-refractivity contribution in [3.8, 4) is 0 Å². The summed E-state index contributed by atoms with van der Waals surface area (Å²) >= 11 is 1.63. The highest BCUT2D eigenvalue weighted by Crippen LogP contribution is 2.25. The van der Waals surface area contributed by atoms with Crippen molar-refractivity contribution in [1.29, 1.82) is 0 Å². The molecule has 1 aromatic heterocycles. The highest BCUT2D eigenvalue weighted by atomic mass is 32.1. The number of aryl methyl sites for hydroxylation is 1. The molecule has 0 aliphatic heterocycles. The van der Waals surface area contributed by atoms with Crippen molar-refractivity contribution in [3.05, 3.63) is 39.8 Å². The quantitative estimate of drug-likeness (QED) is 0.748. The Morgan fingerprint density at radius 1 is 1.53 bits per heavy atom. The summed E-state index contributed by atoms with van der Waals surface area (Å²) in [4.78, 5) is 16.3. The zero-order chi connectivity index (χ0) is 14.0. The van der Waals surface area contributed by atoms with E-state index in [1.807, 2.05) is 20.0 Å². The average Bonchev–Trinajstić information content (AvgIpc) is 2.75. The standard InChI is InChI=1S/C13H15N3O2S/c1-7-6-15-12(19-7)8(2)16-9-3-4-10(13(17)18)11(14)5-9/h3-6,8,16H,14H2,1-2H3,(H,17,18). The smallest absolute Gasteiger partial charge is 0.337 e. The molecule has 1 unspecified atom stereocenters. The van der Waals surface area contributed by atoms with Crippen LogP contribution in [0.3, 0.4) is 0 Å². The number of aromatic nitrogens is 1. The summed E-state index contributed by atoms with van der Waals surface area (Å²) in [6.45, 7) is 4.01. The monoisotopic (exact) mass is 277 g/mol. The molecule has 2 rings (SSSR count). The molecule has 0 amide bonds. The molecule has 6 heteroatoms. The van der Waals surface area contributed by atoms with Crippen LogP contribution in [0, 0.1) is 6.92 Å². The van der Waals surface area contributed by atoms with Crippen LogP contribution in [0.5, 0.6) is 0 Å². The Hall–Kier alpha value is -2.08. The minimum absolute atomic E-state index is 0.0498. The molecule has 4 N–H and O–H groups in total. The van der Waals surface area contributed by atoms with Crippen molar-refractivity contribution >= 4 is 28.7 Å². The summed E-state index contributed by atoms with van der Waals surface area (Å²) in [5, 5.41) is 13.1. The van der Waals surface area contributed by atoms with Gasteiger partial charge < -0.3 is 16.2 Å². The van der Waals surface area contributed by atoms with E-state index in [0.717, 1.165) is 15.6 Å². The molecule has 1 aromatic carbocycles. The third-order valence-electron chi connectivity index (χ3n) is 2.67. The molecule has 0 aliphatic carbocycles. The van der Waals surface area contributed by atoms with Crippen LogP contribution in [0.25, 0.3) is 0 Å². The van der Waals surface area contributed by atoms with Gasteiger partial charge >= 0.3 is 5.97 Å². The molecule has 5 nitrogen and oxygen atoms in total. The predicted octanol–water partition coefficient (Wildman–Crippen LogP) is 2.91. The fourth-order valence-electron chi connectivity index (χ4n) is 1.73. The number of hydrogen-bond donors (Lipinski definition) is 3. The van der Waals surface area contributed by atoms with Crippen molar-refractivity contribution in [2.75, 3.05) is 11.1 Å². The first-order valence-electron chi connectivity index (χ1n) is 5.79. The van der Waals surface area contributed by atoms with Crippen LogP contribution < -0.4 is 11.1 Å². The number of hydrogen-bond acceptors (Lipinski definition) is 5. The lowest BCUT2D eigenvalue weighted by Crippen LogP contribution is -2.08. The van der Waals surface area contributed by atoms with E-state index in [2.05, 4.69) is 10.3 Å². The van der Waals surface area contributed by atoms with Gasteiger partial charge in [-0.3, -0.25) is 0 Å². The second kappa shape index (κ2) is 5.27. The van der Waals surface area contributed by atoms with E-state index in [4.69, 9.17) is 10.8 Å². The molecule has 1 heterocycles. The van der Waals surface area contributed by atoms with Crippen LogP contribution in [0.1, 0.15) is 33.2 Å². The molecule has 2 aromatic rings. The number of aromatic carboxylic acids is 1. The van der Waals surface area contributed by atoms with E-state index < -0.39 is 5.97 Å². The van der Waals surface area contributed by atoms with Gasteiger partial charge in [0.2, 0.25) is 0 Å². The molecule has 100 valence electrons. The van der Waals surface area contributed by atoms with Crippen molar-refractivity contribution in [3.63, 3.8) is 0 Å². The minimum Gasteiger partial charge on any atom is -0.478 e. The molecule has 0 bridgehead atoms. The van der Waals surface area contributed by atoms with Crippen LogP contribution >= 0.6 is 11.3 Å². The van der Waals surface area contributed by atoms with E-state index >= 15 is 0 Å². The molecule has 0 spiro atoms. The van der Waals surface area contributed by atoms with Crippen LogP contribution in [-0.4, -0.2) is 16.1 Å². The zero-order valence-electron chi connectivity index (χ0n) is 10.7. The van der Waals surface area contributed by atoms with E-state index in [1.54, 1.807) is 23.5 Å². The van der Waals surface area contributed by atoms with Crippen molar-refractivity contribution in [2.45, 2.75) is 19.9 Å². The predicted molar refractivity (Wildman–Crippen MR) is 76.7 cm³/mol. The van der Waals surface area contributed by atoms with Crippen LogP contribution in [0.4, 0.5) is 11.4 Å². The maximum absolute atomic E-state index is 10.9. The molecular weight excluding hydrogens is 262 g/mol. The third-order valence-corrected chi connectivity index (χ3v) is 3.77. The molecule has 1 atom stereocenters.